The molecule has 0 aliphatic carbocycles. The van der Waals surface area contributed by atoms with Gasteiger partial charge in [-0.1, -0.05) is 52.7 Å². The highest BCUT2D eigenvalue weighted by Crippen LogP contribution is 2.34. The Kier molecular flexibility index (Phi) is 7.67. The van der Waals surface area contributed by atoms with Gasteiger partial charge in [-0.3, -0.25) is 4.79 Å². The largest absolute Gasteiger partial charge is 0.493 e. The number of ether oxygens (including phenoxy) is 2. The van der Waals surface area contributed by atoms with E-state index in [9.17, 15) is 4.79 Å². The molecule has 0 radical (unpaired) electrons. The quantitative estimate of drug-likeness (QED) is 0.183. The first-order valence-corrected chi connectivity index (χ1v) is 12.6. The van der Waals surface area contributed by atoms with Crippen molar-refractivity contribution in [3.63, 3.8) is 0 Å². The number of aryl methyl sites for hydroxylation is 2. The van der Waals surface area contributed by atoms with Crippen LogP contribution in [0.3, 0.4) is 0 Å². The summed E-state index contributed by atoms with van der Waals surface area (Å²) in [6, 6.07) is 17.5. The summed E-state index contributed by atoms with van der Waals surface area (Å²) in [4.78, 5) is 17.7. The predicted octanol–water partition coefficient (Wildman–Crippen LogP) is 6.10. The standard InChI is InChI=1S/C26H23BrIN3O3/c1-4-24-30-22-10-9-19(27)13-20(22)26(32)31(24)29-14-18-11-21(28)25(23(12-18)33-3)34-15-17-7-5-16(2)6-8-17/h5-14H,4,15H2,1-3H3. The van der Waals surface area contributed by atoms with Crippen molar-refractivity contribution in [3.05, 3.63) is 95.5 Å². The molecule has 0 atom stereocenters. The maximum absolute atomic E-state index is 13.1. The van der Waals surface area contributed by atoms with Crippen LogP contribution in [0.1, 0.15) is 29.4 Å². The third-order valence-electron chi connectivity index (χ3n) is 5.27. The first-order chi connectivity index (χ1) is 16.4. The second-order valence-electron chi connectivity index (χ2n) is 7.71. The summed E-state index contributed by atoms with van der Waals surface area (Å²) < 4.78 is 14.7. The first kappa shape index (κ1) is 24.4. The van der Waals surface area contributed by atoms with Gasteiger partial charge >= 0.3 is 0 Å². The van der Waals surface area contributed by atoms with Gasteiger partial charge in [-0.25, -0.2) is 4.98 Å². The summed E-state index contributed by atoms with van der Waals surface area (Å²) in [6.45, 7) is 4.44. The fourth-order valence-corrected chi connectivity index (χ4v) is 4.60. The third kappa shape index (κ3) is 5.33. The van der Waals surface area contributed by atoms with E-state index in [4.69, 9.17) is 9.47 Å². The molecule has 0 N–H and O–H groups in total. The molecule has 3 aromatic carbocycles. The van der Waals surface area contributed by atoms with E-state index in [1.54, 1.807) is 19.4 Å². The van der Waals surface area contributed by atoms with Crippen molar-refractivity contribution in [3.8, 4) is 11.5 Å². The van der Waals surface area contributed by atoms with E-state index in [-0.39, 0.29) is 5.56 Å². The minimum absolute atomic E-state index is 0.209. The van der Waals surface area contributed by atoms with Gasteiger partial charge in [0.2, 0.25) is 0 Å². The van der Waals surface area contributed by atoms with Crippen molar-refractivity contribution in [2.75, 3.05) is 7.11 Å². The molecule has 0 aliphatic rings. The van der Waals surface area contributed by atoms with E-state index in [0.29, 0.717) is 41.3 Å². The SMILES string of the molecule is CCc1nc2ccc(Br)cc2c(=O)n1N=Cc1cc(I)c(OCc2ccc(C)cc2)c(OC)c1. The van der Waals surface area contributed by atoms with Crippen LogP contribution in [0.15, 0.2) is 69.0 Å². The lowest BCUT2D eigenvalue weighted by Gasteiger charge is -2.14. The Morgan fingerprint density at radius 1 is 1.15 bits per heavy atom. The zero-order chi connectivity index (χ0) is 24.2. The van der Waals surface area contributed by atoms with Crippen LogP contribution in [-0.4, -0.2) is 23.0 Å². The molecule has 0 amide bonds. The molecule has 1 aromatic heterocycles. The van der Waals surface area contributed by atoms with Crippen LogP contribution in [0.25, 0.3) is 10.9 Å². The van der Waals surface area contributed by atoms with Crippen LogP contribution in [0.5, 0.6) is 11.5 Å². The average Bonchev–Trinajstić information content (AvgIpc) is 2.83. The molecular weight excluding hydrogens is 609 g/mol. The summed E-state index contributed by atoms with van der Waals surface area (Å²) >= 11 is 5.64. The number of hydrogen-bond donors (Lipinski definition) is 0. The molecule has 174 valence electrons. The molecule has 0 saturated heterocycles. The maximum atomic E-state index is 13.1. The lowest BCUT2D eigenvalue weighted by atomic mass is 10.2. The number of rotatable bonds is 7. The van der Waals surface area contributed by atoms with Gasteiger partial charge < -0.3 is 9.47 Å². The molecule has 34 heavy (non-hydrogen) atoms. The van der Waals surface area contributed by atoms with Gasteiger partial charge in [0.1, 0.15) is 12.4 Å². The van der Waals surface area contributed by atoms with Crippen LogP contribution < -0.4 is 15.0 Å². The Hall–Kier alpha value is -2.72. The highest BCUT2D eigenvalue weighted by molar-refractivity contribution is 14.1. The highest BCUT2D eigenvalue weighted by atomic mass is 127. The van der Waals surface area contributed by atoms with Gasteiger partial charge in [0.25, 0.3) is 5.56 Å². The summed E-state index contributed by atoms with van der Waals surface area (Å²) in [5, 5.41) is 4.99. The predicted molar refractivity (Wildman–Crippen MR) is 147 cm³/mol. The van der Waals surface area contributed by atoms with Crippen LogP contribution >= 0.6 is 38.5 Å². The topological polar surface area (TPSA) is 65.7 Å². The summed E-state index contributed by atoms with van der Waals surface area (Å²) in [7, 11) is 1.61. The zero-order valence-corrected chi connectivity index (χ0v) is 22.8. The van der Waals surface area contributed by atoms with Gasteiger partial charge in [-0.15, -0.1) is 0 Å². The molecule has 0 fully saturated rings. The molecule has 0 bridgehead atoms. The van der Waals surface area contributed by atoms with Crippen LogP contribution in [-0.2, 0) is 13.0 Å². The molecule has 4 aromatic rings. The second kappa shape index (κ2) is 10.7. The maximum Gasteiger partial charge on any atom is 0.282 e. The molecule has 0 saturated carbocycles. The van der Waals surface area contributed by atoms with Crippen molar-refractivity contribution >= 4 is 55.6 Å². The van der Waals surface area contributed by atoms with Crippen molar-refractivity contribution in [2.45, 2.75) is 26.9 Å². The molecule has 0 aliphatic heterocycles. The second-order valence-corrected chi connectivity index (χ2v) is 9.79. The molecule has 6 nitrogen and oxygen atoms in total. The average molecular weight is 632 g/mol. The van der Waals surface area contributed by atoms with Crippen molar-refractivity contribution in [1.29, 1.82) is 0 Å². The monoisotopic (exact) mass is 631 g/mol. The normalized spacial score (nSPS) is 11.3. The van der Waals surface area contributed by atoms with E-state index in [1.807, 2.05) is 31.2 Å². The van der Waals surface area contributed by atoms with Gasteiger partial charge in [0.05, 0.1) is 27.8 Å². The molecule has 8 heteroatoms. The van der Waals surface area contributed by atoms with Gasteiger partial charge in [-0.05, 0) is 71.0 Å². The molecule has 0 spiro atoms. The summed E-state index contributed by atoms with van der Waals surface area (Å²) in [5.74, 6) is 1.87. The Morgan fingerprint density at radius 2 is 1.91 bits per heavy atom. The van der Waals surface area contributed by atoms with E-state index >= 15 is 0 Å². The van der Waals surface area contributed by atoms with E-state index in [1.165, 1.54) is 10.2 Å². The van der Waals surface area contributed by atoms with Crippen LogP contribution in [0.4, 0.5) is 0 Å². The Morgan fingerprint density at radius 3 is 2.62 bits per heavy atom. The lowest BCUT2D eigenvalue weighted by molar-refractivity contribution is 0.282. The Labute approximate surface area is 219 Å². The highest BCUT2D eigenvalue weighted by Gasteiger charge is 2.13. The van der Waals surface area contributed by atoms with Crippen LogP contribution in [0, 0.1) is 10.5 Å². The van der Waals surface area contributed by atoms with E-state index in [0.717, 1.165) is 19.2 Å². The van der Waals surface area contributed by atoms with Crippen LogP contribution in [0.2, 0.25) is 0 Å². The fraction of sp³-hybridized carbons (Fsp3) is 0.192. The van der Waals surface area contributed by atoms with Crippen molar-refractivity contribution in [1.82, 2.24) is 9.66 Å². The number of hydrogen-bond acceptors (Lipinski definition) is 5. The van der Waals surface area contributed by atoms with E-state index < -0.39 is 0 Å². The Balaban J connectivity index is 1.65. The molecular formula is C26H23BrIN3O3. The minimum atomic E-state index is -0.209. The minimum Gasteiger partial charge on any atom is -0.493 e. The Bertz CT molecular complexity index is 1430. The summed E-state index contributed by atoms with van der Waals surface area (Å²) in [5.41, 5.74) is 3.52. The first-order valence-electron chi connectivity index (χ1n) is 10.7. The molecule has 0 unspecified atom stereocenters. The number of benzene rings is 3. The fourth-order valence-electron chi connectivity index (χ4n) is 3.46. The van der Waals surface area contributed by atoms with Crippen molar-refractivity contribution in [2.24, 2.45) is 5.10 Å². The number of methoxy groups -OCH3 is 1. The molecule has 4 rings (SSSR count). The van der Waals surface area contributed by atoms with E-state index in [2.05, 4.69) is 79.8 Å². The number of aromatic nitrogens is 2. The number of nitrogens with zero attached hydrogens (tertiary/aromatic N) is 3. The van der Waals surface area contributed by atoms with Crippen molar-refractivity contribution < 1.29 is 9.47 Å². The van der Waals surface area contributed by atoms with Gasteiger partial charge in [0, 0.05) is 10.9 Å². The smallest absolute Gasteiger partial charge is 0.282 e. The number of fused-ring (bicyclic) bond motifs is 1. The zero-order valence-electron chi connectivity index (χ0n) is 19.0. The lowest BCUT2D eigenvalue weighted by Crippen LogP contribution is -2.22. The summed E-state index contributed by atoms with van der Waals surface area (Å²) in [6.07, 6.45) is 2.21. The third-order valence-corrected chi connectivity index (χ3v) is 6.56. The van der Waals surface area contributed by atoms with Gasteiger partial charge in [-0.2, -0.15) is 9.78 Å². The van der Waals surface area contributed by atoms with Gasteiger partial charge in [0.15, 0.2) is 11.5 Å². The molecule has 1 heterocycles. The number of halogens is 2.